The summed E-state index contributed by atoms with van der Waals surface area (Å²) >= 11 is 1.51. The van der Waals surface area contributed by atoms with Gasteiger partial charge < -0.3 is 15.0 Å². The van der Waals surface area contributed by atoms with Gasteiger partial charge in [0.1, 0.15) is 0 Å². The number of thiophene rings is 1. The summed E-state index contributed by atoms with van der Waals surface area (Å²) in [6.45, 7) is 8.14. The summed E-state index contributed by atoms with van der Waals surface area (Å²) in [6, 6.07) is 9.64. The molecule has 120 valence electrons. The van der Waals surface area contributed by atoms with E-state index in [9.17, 15) is 4.79 Å². The van der Waals surface area contributed by atoms with Crippen LogP contribution in [0, 0.1) is 0 Å². The number of nitrogens with two attached hydrogens (primary N) is 1. The van der Waals surface area contributed by atoms with Crippen LogP contribution < -0.4 is 11.2 Å². The highest BCUT2D eigenvalue weighted by molar-refractivity contribution is 7.14. The van der Waals surface area contributed by atoms with Crippen LogP contribution in [0.5, 0.6) is 0 Å². The molecule has 0 spiro atoms. The number of primary amides is 1. The van der Waals surface area contributed by atoms with Crippen molar-refractivity contribution in [2.45, 2.75) is 38.9 Å². The van der Waals surface area contributed by atoms with E-state index in [1.165, 1.54) is 11.3 Å². The Hall–Kier alpha value is -1.63. The first-order valence-corrected chi connectivity index (χ1v) is 8.42. The molecule has 0 bridgehead atoms. The van der Waals surface area contributed by atoms with Crippen molar-refractivity contribution in [3.63, 3.8) is 0 Å². The molecule has 0 radical (unpaired) electrons. The summed E-state index contributed by atoms with van der Waals surface area (Å²) in [7, 11) is -0.381. The zero-order valence-corrected chi connectivity index (χ0v) is 14.6. The number of hydrogen-bond donors (Lipinski definition) is 1. The van der Waals surface area contributed by atoms with Crippen molar-refractivity contribution in [3.8, 4) is 10.4 Å². The summed E-state index contributed by atoms with van der Waals surface area (Å²) in [4.78, 5) is 12.4. The SMILES string of the molecule is CC1(C)OB(c2ccc(-c3sccc3C(N)=O)cc2)OC1(C)C. The van der Waals surface area contributed by atoms with E-state index >= 15 is 0 Å². The van der Waals surface area contributed by atoms with E-state index in [2.05, 4.69) is 0 Å². The standard InChI is InChI=1S/C17H20BNO3S/c1-16(2)17(3,4)22-18(21-16)12-7-5-11(6-8-12)14-13(15(19)20)9-10-23-14/h5-10H,1-4H3,(H2,19,20). The van der Waals surface area contributed by atoms with Crippen LogP contribution in [0.2, 0.25) is 0 Å². The zero-order valence-electron chi connectivity index (χ0n) is 13.8. The molecular formula is C17H20BNO3S. The Kier molecular flexibility index (Phi) is 3.87. The second kappa shape index (κ2) is 5.48. The molecule has 4 nitrogen and oxygen atoms in total. The van der Waals surface area contributed by atoms with Crippen LogP contribution in [0.1, 0.15) is 38.1 Å². The van der Waals surface area contributed by atoms with E-state index in [1.54, 1.807) is 6.07 Å². The van der Waals surface area contributed by atoms with Crippen LogP contribution in [-0.4, -0.2) is 24.2 Å². The van der Waals surface area contributed by atoms with Crippen LogP contribution in [0.4, 0.5) is 0 Å². The number of benzene rings is 1. The van der Waals surface area contributed by atoms with Gasteiger partial charge in [-0.25, -0.2) is 0 Å². The van der Waals surface area contributed by atoms with E-state index in [4.69, 9.17) is 15.0 Å². The minimum absolute atomic E-state index is 0.358. The molecule has 1 aromatic carbocycles. The summed E-state index contributed by atoms with van der Waals surface area (Å²) in [6.07, 6.45) is 0. The lowest BCUT2D eigenvalue weighted by Crippen LogP contribution is -2.41. The predicted octanol–water partition coefficient (Wildman–Crippen LogP) is 2.81. The molecule has 1 aromatic heterocycles. The number of rotatable bonds is 3. The molecule has 0 atom stereocenters. The van der Waals surface area contributed by atoms with Gasteiger partial charge in [-0.1, -0.05) is 24.3 Å². The first-order chi connectivity index (χ1) is 10.7. The highest BCUT2D eigenvalue weighted by Crippen LogP contribution is 2.36. The monoisotopic (exact) mass is 329 g/mol. The average Bonchev–Trinajstić information content (AvgIpc) is 3.02. The van der Waals surface area contributed by atoms with Gasteiger partial charge in [0.05, 0.1) is 16.8 Å². The normalized spacial score (nSPS) is 19.0. The summed E-state index contributed by atoms with van der Waals surface area (Å²) in [5, 5.41) is 1.87. The van der Waals surface area contributed by atoms with Gasteiger partial charge in [-0.2, -0.15) is 0 Å². The highest BCUT2D eigenvalue weighted by atomic mass is 32.1. The summed E-state index contributed by atoms with van der Waals surface area (Å²) in [5.74, 6) is -0.406. The van der Waals surface area contributed by atoms with Crippen LogP contribution >= 0.6 is 11.3 Å². The smallest absolute Gasteiger partial charge is 0.399 e. The van der Waals surface area contributed by atoms with Crippen molar-refractivity contribution >= 4 is 29.8 Å². The molecule has 23 heavy (non-hydrogen) atoms. The Balaban J connectivity index is 1.86. The maximum absolute atomic E-state index is 11.5. The van der Waals surface area contributed by atoms with Crippen molar-refractivity contribution < 1.29 is 14.1 Å². The van der Waals surface area contributed by atoms with Gasteiger partial charge in [-0.05, 0) is 50.2 Å². The maximum atomic E-state index is 11.5. The predicted molar refractivity (Wildman–Crippen MR) is 94.0 cm³/mol. The zero-order chi connectivity index (χ0) is 16.8. The second-order valence-electron chi connectivity index (χ2n) is 6.74. The Labute approximate surface area is 140 Å². The second-order valence-corrected chi connectivity index (χ2v) is 7.65. The molecule has 0 saturated carbocycles. The Morgan fingerprint density at radius 3 is 2.13 bits per heavy atom. The third-order valence-electron chi connectivity index (χ3n) is 4.63. The Bertz CT molecular complexity index is 721. The average molecular weight is 329 g/mol. The third-order valence-corrected chi connectivity index (χ3v) is 5.59. The summed E-state index contributed by atoms with van der Waals surface area (Å²) in [5.41, 5.74) is 7.18. The van der Waals surface area contributed by atoms with E-state index in [0.717, 1.165) is 15.9 Å². The first kappa shape index (κ1) is 16.2. The van der Waals surface area contributed by atoms with Crippen LogP contribution in [-0.2, 0) is 9.31 Å². The van der Waals surface area contributed by atoms with Crippen molar-refractivity contribution in [1.82, 2.24) is 0 Å². The molecule has 6 heteroatoms. The van der Waals surface area contributed by atoms with Crippen LogP contribution in [0.15, 0.2) is 35.7 Å². The lowest BCUT2D eigenvalue weighted by Gasteiger charge is -2.32. The number of hydrogen-bond acceptors (Lipinski definition) is 4. The highest BCUT2D eigenvalue weighted by Gasteiger charge is 2.51. The van der Waals surface area contributed by atoms with Crippen molar-refractivity contribution in [2.24, 2.45) is 5.73 Å². The van der Waals surface area contributed by atoms with Crippen LogP contribution in [0.25, 0.3) is 10.4 Å². The molecule has 2 aromatic rings. The lowest BCUT2D eigenvalue weighted by molar-refractivity contribution is 0.00578. The van der Waals surface area contributed by atoms with Crippen molar-refractivity contribution in [3.05, 3.63) is 41.3 Å². The van der Waals surface area contributed by atoms with Gasteiger partial charge in [-0.3, -0.25) is 4.79 Å². The fourth-order valence-electron chi connectivity index (χ4n) is 2.50. The molecule has 1 saturated heterocycles. The van der Waals surface area contributed by atoms with E-state index < -0.39 is 5.91 Å². The topological polar surface area (TPSA) is 61.5 Å². The van der Waals surface area contributed by atoms with Crippen LogP contribution in [0.3, 0.4) is 0 Å². The Morgan fingerprint density at radius 1 is 1.04 bits per heavy atom. The number of carbonyl (C=O) groups is 1. The van der Waals surface area contributed by atoms with Gasteiger partial charge in [0.2, 0.25) is 5.91 Å². The van der Waals surface area contributed by atoms with E-state index in [-0.39, 0.29) is 18.3 Å². The molecule has 3 rings (SSSR count). The number of carbonyl (C=O) groups excluding carboxylic acids is 1. The van der Waals surface area contributed by atoms with Crippen molar-refractivity contribution in [1.29, 1.82) is 0 Å². The van der Waals surface area contributed by atoms with E-state index in [1.807, 2.05) is 57.3 Å². The van der Waals surface area contributed by atoms with Gasteiger partial charge in [0, 0.05) is 4.88 Å². The third kappa shape index (κ3) is 2.82. The minimum Gasteiger partial charge on any atom is -0.399 e. The van der Waals surface area contributed by atoms with Crippen molar-refractivity contribution in [2.75, 3.05) is 0 Å². The van der Waals surface area contributed by atoms with Gasteiger partial charge in [0.25, 0.3) is 0 Å². The quantitative estimate of drug-likeness (QED) is 0.881. The summed E-state index contributed by atoms with van der Waals surface area (Å²) < 4.78 is 12.1. The maximum Gasteiger partial charge on any atom is 0.494 e. The van der Waals surface area contributed by atoms with E-state index in [0.29, 0.717) is 5.56 Å². The largest absolute Gasteiger partial charge is 0.494 e. The minimum atomic E-state index is -0.406. The molecule has 2 N–H and O–H groups in total. The lowest BCUT2D eigenvalue weighted by atomic mass is 9.79. The molecule has 0 unspecified atom stereocenters. The fraction of sp³-hybridized carbons (Fsp3) is 0.353. The van der Waals surface area contributed by atoms with Gasteiger partial charge in [0.15, 0.2) is 0 Å². The molecule has 1 amide bonds. The molecule has 2 heterocycles. The first-order valence-electron chi connectivity index (χ1n) is 7.54. The Morgan fingerprint density at radius 2 is 1.61 bits per heavy atom. The molecule has 1 aliphatic rings. The molecular weight excluding hydrogens is 309 g/mol. The number of amides is 1. The molecule has 0 aliphatic carbocycles. The molecule has 1 fully saturated rings. The van der Waals surface area contributed by atoms with Gasteiger partial charge >= 0.3 is 7.12 Å². The fourth-order valence-corrected chi connectivity index (χ4v) is 3.41. The van der Waals surface area contributed by atoms with Gasteiger partial charge in [-0.15, -0.1) is 11.3 Å². The molecule has 1 aliphatic heterocycles.